The van der Waals surface area contributed by atoms with E-state index in [0.29, 0.717) is 52.9 Å². The van der Waals surface area contributed by atoms with Crippen LogP contribution in [0.1, 0.15) is 45.2 Å². The van der Waals surface area contributed by atoms with Gasteiger partial charge in [-0.3, -0.25) is 9.13 Å². The summed E-state index contributed by atoms with van der Waals surface area (Å²) in [5.74, 6) is 1.08. The zero-order valence-electron chi connectivity index (χ0n) is 21.2. The summed E-state index contributed by atoms with van der Waals surface area (Å²) >= 11 is 0. The zero-order chi connectivity index (χ0) is 25.6. The first kappa shape index (κ1) is 28.6. The second kappa shape index (κ2) is 11.9. The molecule has 0 N–H and O–H groups in total. The van der Waals surface area contributed by atoms with E-state index in [9.17, 15) is 9.13 Å². The highest BCUT2D eigenvalue weighted by Gasteiger charge is 2.41. The van der Waals surface area contributed by atoms with E-state index in [1.54, 1.807) is 12.1 Å². The van der Waals surface area contributed by atoms with Crippen LogP contribution in [0, 0.1) is 0 Å². The van der Waals surface area contributed by atoms with Gasteiger partial charge in [-0.25, -0.2) is 0 Å². The number of ether oxygens (including phenoxy) is 2. The van der Waals surface area contributed by atoms with E-state index < -0.39 is 20.6 Å². The molecule has 2 aromatic rings. The molecule has 0 atom stereocenters. The van der Waals surface area contributed by atoms with Crippen LogP contribution in [0.4, 0.5) is 0 Å². The van der Waals surface area contributed by atoms with Gasteiger partial charge in [0.25, 0.3) is 0 Å². The average molecular weight is 514 g/mol. The maximum atomic E-state index is 13.6. The topological polar surface area (TPSA) is 89.5 Å². The van der Waals surface area contributed by atoms with E-state index in [-0.39, 0.29) is 0 Å². The summed E-state index contributed by atoms with van der Waals surface area (Å²) in [6.45, 7) is 8.61. The molecule has 0 unspecified atom stereocenters. The summed E-state index contributed by atoms with van der Waals surface area (Å²) in [5.41, 5.74) is 0.601. The molecule has 2 aromatic carbocycles. The van der Waals surface area contributed by atoms with Crippen LogP contribution in [0.2, 0.25) is 0 Å². The lowest BCUT2D eigenvalue weighted by Crippen LogP contribution is -2.35. The fourth-order valence-corrected chi connectivity index (χ4v) is 6.88. The van der Waals surface area contributed by atoms with Crippen LogP contribution in [-0.4, -0.2) is 41.7 Å². The minimum atomic E-state index is -3.68. The molecule has 0 aliphatic rings. The highest BCUT2D eigenvalue weighted by Crippen LogP contribution is 2.53. The summed E-state index contributed by atoms with van der Waals surface area (Å²) in [4.78, 5) is 0. The summed E-state index contributed by atoms with van der Waals surface area (Å²) in [5, 5.41) is 0.745. The molecule has 0 amide bonds. The SMILES string of the molecule is CCOc1ccc(C(C)(CC)c2ccc(OCC)cc2P(=O)(OC)OC)c(P(=O)(OC)OC)c1. The monoisotopic (exact) mass is 514 g/mol. The maximum Gasteiger partial charge on any atom is 0.361 e. The van der Waals surface area contributed by atoms with Crippen molar-refractivity contribution in [2.45, 2.75) is 39.5 Å². The van der Waals surface area contributed by atoms with Gasteiger partial charge in [0.1, 0.15) is 11.5 Å². The molecule has 0 aliphatic heterocycles. The van der Waals surface area contributed by atoms with E-state index in [4.69, 9.17) is 27.6 Å². The largest absolute Gasteiger partial charge is 0.494 e. The fourth-order valence-electron chi connectivity index (χ4n) is 3.99. The molecular formula is C24H36O8P2. The van der Waals surface area contributed by atoms with E-state index in [2.05, 4.69) is 0 Å². The molecule has 0 bridgehead atoms. The summed E-state index contributed by atoms with van der Waals surface area (Å²) in [7, 11) is -1.98. The Labute approximate surface area is 202 Å². The maximum absolute atomic E-state index is 13.6. The van der Waals surface area contributed by atoms with Crippen LogP contribution in [0.25, 0.3) is 0 Å². The molecule has 0 saturated carbocycles. The molecule has 0 fully saturated rings. The van der Waals surface area contributed by atoms with Gasteiger partial charge in [0, 0.05) is 33.9 Å². The minimum absolute atomic E-state index is 0.373. The predicted molar refractivity (Wildman–Crippen MR) is 134 cm³/mol. The second-order valence-electron chi connectivity index (χ2n) is 7.63. The van der Waals surface area contributed by atoms with Crippen molar-refractivity contribution in [3.05, 3.63) is 47.5 Å². The quantitative estimate of drug-likeness (QED) is 0.327. The van der Waals surface area contributed by atoms with Crippen molar-refractivity contribution in [1.29, 1.82) is 0 Å². The lowest BCUT2D eigenvalue weighted by molar-refractivity contribution is 0.286. The van der Waals surface area contributed by atoms with Crippen molar-refractivity contribution in [1.82, 2.24) is 0 Å². The molecule has 8 nitrogen and oxygen atoms in total. The molecule has 0 aliphatic carbocycles. The van der Waals surface area contributed by atoms with Gasteiger partial charge in [-0.05, 0) is 55.7 Å². The van der Waals surface area contributed by atoms with Crippen LogP contribution >= 0.6 is 15.2 Å². The molecule has 0 heterocycles. The van der Waals surface area contributed by atoms with Crippen molar-refractivity contribution in [3.8, 4) is 11.5 Å². The van der Waals surface area contributed by atoms with Crippen molar-refractivity contribution < 1.29 is 36.7 Å². The van der Waals surface area contributed by atoms with Crippen LogP contribution in [-0.2, 0) is 32.6 Å². The molecule has 0 radical (unpaired) electrons. The predicted octanol–water partition coefficient (Wildman–Crippen LogP) is 5.42. The molecule has 0 aromatic heterocycles. The first-order valence-corrected chi connectivity index (χ1v) is 14.2. The highest BCUT2D eigenvalue weighted by molar-refractivity contribution is 7.62. The Bertz CT molecular complexity index is 973. The van der Waals surface area contributed by atoms with Crippen molar-refractivity contribution in [3.63, 3.8) is 0 Å². The average Bonchev–Trinajstić information content (AvgIpc) is 2.87. The zero-order valence-corrected chi connectivity index (χ0v) is 23.0. The molecule has 10 heteroatoms. The first-order chi connectivity index (χ1) is 16.1. The summed E-state index contributed by atoms with van der Waals surface area (Å²) < 4.78 is 60.1. The Morgan fingerprint density at radius 3 is 1.29 bits per heavy atom. The minimum Gasteiger partial charge on any atom is -0.494 e. The normalized spacial score (nSPS) is 12.6. The van der Waals surface area contributed by atoms with Gasteiger partial charge >= 0.3 is 15.2 Å². The molecule has 190 valence electrons. The van der Waals surface area contributed by atoms with E-state index in [0.717, 1.165) is 0 Å². The molecule has 2 rings (SSSR count). The van der Waals surface area contributed by atoms with Crippen molar-refractivity contribution >= 4 is 25.8 Å². The van der Waals surface area contributed by atoms with Gasteiger partial charge in [-0.1, -0.05) is 26.0 Å². The second-order valence-corrected chi connectivity index (χ2v) is 12.0. The first-order valence-electron chi connectivity index (χ1n) is 11.1. The Morgan fingerprint density at radius 1 is 0.676 bits per heavy atom. The number of benzene rings is 2. The molecule has 0 saturated heterocycles. The molecule has 0 spiro atoms. The Kier molecular flexibility index (Phi) is 9.96. The Hall–Kier alpha value is -1.66. The van der Waals surface area contributed by atoms with Crippen molar-refractivity contribution in [2.24, 2.45) is 0 Å². The molecular weight excluding hydrogens is 478 g/mol. The number of rotatable bonds is 13. The van der Waals surface area contributed by atoms with Gasteiger partial charge in [0.15, 0.2) is 0 Å². The van der Waals surface area contributed by atoms with Crippen LogP contribution in [0.15, 0.2) is 36.4 Å². The lowest BCUT2D eigenvalue weighted by Gasteiger charge is -2.35. The molecule has 34 heavy (non-hydrogen) atoms. The standard InChI is InChI=1S/C24H36O8P2/c1-9-24(4,20-14-12-18(31-10-2)16-22(20)33(25,27-5)28-6)21-15-13-19(32-11-3)17-23(21)34(26,29-7)30-8/h12-17H,9-11H2,1-8H3. The number of hydrogen-bond acceptors (Lipinski definition) is 8. The van der Waals surface area contributed by atoms with Gasteiger partial charge in [0.2, 0.25) is 0 Å². The fraction of sp³-hybridized carbons (Fsp3) is 0.500. The van der Waals surface area contributed by atoms with Crippen LogP contribution < -0.4 is 20.1 Å². The van der Waals surface area contributed by atoms with E-state index in [1.165, 1.54) is 28.4 Å². The third-order valence-electron chi connectivity index (χ3n) is 6.01. The summed E-state index contributed by atoms with van der Waals surface area (Å²) in [6.07, 6.45) is 0.565. The van der Waals surface area contributed by atoms with E-state index >= 15 is 0 Å². The van der Waals surface area contributed by atoms with Gasteiger partial charge in [-0.15, -0.1) is 0 Å². The number of hydrogen-bond donors (Lipinski definition) is 0. The van der Waals surface area contributed by atoms with Crippen molar-refractivity contribution in [2.75, 3.05) is 41.7 Å². The third-order valence-corrected chi connectivity index (χ3v) is 9.85. The highest BCUT2D eigenvalue weighted by atomic mass is 31.2. The lowest BCUT2D eigenvalue weighted by atomic mass is 9.74. The van der Waals surface area contributed by atoms with Crippen LogP contribution in [0.5, 0.6) is 11.5 Å². The van der Waals surface area contributed by atoms with Gasteiger partial charge < -0.3 is 27.6 Å². The van der Waals surface area contributed by atoms with E-state index in [1.807, 2.05) is 52.0 Å². The van der Waals surface area contributed by atoms with Gasteiger partial charge in [-0.2, -0.15) is 0 Å². The smallest absolute Gasteiger partial charge is 0.361 e. The Morgan fingerprint density at radius 2 is 1.03 bits per heavy atom. The summed E-state index contributed by atoms with van der Waals surface area (Å²) in [6, 6.07) is 10.7. The van der Waals surface area contributed by atoms with Gasteiger partial charge in [0.05, 0.1) is 23.8 Å². The third kappa shape index (κ3) is 5.43. The Balaban J connectivity index is 2.93. The van der Waals surface area contributed by atoms with Crippen LogP contribution in [0.3, 0.4) is 0 Å².